The van der Waals surface area contributed by atoms with Crippen molar-refractivity contribution in [2.24, 2.45) is 5.92 Å². The van der Waals surface area contributed by atoms with Crippen molar-refractivity contribution in [3.05, 3.63) is 144 Å². The van der Waals surface area contributed by atoms with Gasteiger partial charge >= 0.3 is 0 Å². The number of hydrogen-bond donors (Lipinski definition) is 3. The Morgan fingerprint density at radius 1 is 0.408 bits per heavy atom. The van der Waals surface area contributed by atoms with E-state index >= 15 is 0 Å². The van der Waals surface area contributed by atoms with E-state index in [1.54, 1.807) is 62.4 Å². The minimum atomic E-state index is -2.10. The van der Waals surface area contributed by atoms with Crippen LogP contribution < -0.4 is 0 Å². The summed E-state index contributed by atoms with van der Waals surface area (Å²) in [6.45, 7) is 3.48. The molecule has 4 atom stereocenters. The monoisotopic (exact) mass is 644 g/mol. The Bertz CT molecular complexity index is 1940. The standard InChI is InChI=1S/C44H36O5/c1-35(2)40(45)25-27-41(46,36-17-9-5-10-18-36)29-31-43(48-3,38-21-13-7-14-22-38)33-34-44(49-4,39-23-15-8-16-24-39)32-30-42(47,28-26-40)37-19-11-6-12-20-37/h5-24,35,45-47H,1-4H3. The van der Waals surface area contributed by atoms with Crippen LogP contribution in [0.4, 0.5) is 0 Å². The van der Waals surface area contributed by atoms with Crippen molar-refractivity contribution in [1.29, 1.82) is 0 Å². The largest absolute Gasteiger partial charge is 0.367 e. The van der Waals surface area contributed by atoms with Gasteiger partial charge in [-0.25, -0.2) is 0 Å². The van der Waals surface area contributed by atoms with Crippen molar-refractivity contribution in [2.75, 3.05) is 14.2 Å². The quantitative estimate of drug-likeness (QED) is 0.239. The topological polar surface area (TPSA) is 79.2 Å². The zero-order chi connectivity index (χ0) is 35.0. The van der Waals surface area contributed by atoms with Gasteiger partial charge in [-0.3, -0.25) is 0 Å². The molecular weight excluding hydrogens is 608 g/mol. The summed E-state index contributed by atoms with van der Waals surface area (Å²) in [5.74, 6) is 29.2. The Morgan fingerprint density at radius 2 is 0.673 bits per heavy atom. The van der Waals surface area contributed by atoms with Crippen molar-refractivity contribution in [1.82, 2.24) is 0 Å². The average molecular weight is 645 g/mol. The molecule has 0 fully saturated rings. The minimum Gasteiger partial charge on any atom is -0.367 e. The second-order valence-electron chi connectivity index (χ2n) is 11.8. The van der Waals surface area contributed by atoms with E-state index in [1.165, 1.54) is 14.2 Å². The van der Waals surface area contributed by atoms with Gasteiger partial charge in [-0.05, 0) is 47.4 Å². The normalized spacial score (nSPS) is 27.4. The lowest BCUT2D eigenvalue weighted by Crippen LogP contribution is -2.34. The summed E-state index contributed by atoms with van der Waals surface area (Å²) >= 11 is 0. The smallest absolute Gasteiger partial charge is 0.216 e. The highest BCUT2D eigenvalue weighted by molar-refractivity contribution is 5.54. The van der Waals surface area contributed by atoms with Gasteiger partial charge in [-0.1, -0.05) is 147 Å². The zero-order valence-electron chi connectivity index (χ0n) is 27.8. The van der Waals surface area contributed by atoms with Crippen molar-refractivity contribution in [2.45, 2.75) is 41.9 Å². The Kier molecular flexibility index (Phi) is 10.2. The van der Waals surface area contributed by atoms with Crippen LogP contribution in [0.25, 0.3) is 0 Å². The summed E-state index contributed by atoms with van der Waals surface area (Å²) in [7, 11) is 2.94. The first-order valence-corrected chi connectivity index (χ1v) is 15.7. The lowest BCUT2D eigenvalue weighted by Gasteiger charge is -2.26. The van der Waals surface area contributed by atoms with E-state index in [0.717, 1.165) is 0 Å². The third-order valence-electron chi connectivity index (χ3n) is 8.31. The molecule has 0 amide bonds. The van der Waals surface area contributed by atoms with Crippen LogP contribution in [0.5, 0.6) is 0 Å². The first-order chi connectivity index (χ1) is 23.5. The van der Waals surface area contributed by atoms with Gasteiger partial charge in [0.25, 0.3) is 0 Å². The van der Waals surface area contributed by atoms with Crippen molar-refractivity contribution < 1.29 is 24.8 Å². The lowest BCUT2D eigenvalue weighted by atomic mass is 9.86. The van der Waals surface area contributed by atoms with E-state index in [4.69, 9.17) is 9.47 Å². The van der Waals surface area contributed by atoms with E-state index in [9.17, 15) is 15.3 Å². The minimum absolute atomic E-state index is 0.365. The highest BCUT2D eigenvalue weighted by Gasteiger charge is 2.37. The predicted octanol–water partition coefficient (Wildman–Crippen LogP) is 5.26. The van der Waals surface area contributed by atoms with Crippen LogP contribution >= 0.6 is 0 Å². The van der Waals surface area contributed by atoms with Crippen molar-refractivity contribution in [3.63, 3.8) is 0 Å². The molecule has 0 heterocycles. The second-order valence-corrected chi connectivity index (χ2v) is 11.8. The molecule has 3 N–H and O–H groups in total. The van der Waals surface area contributed by atoms with Crippen molar-refractivity contribution in [3.8, 4) is 59.2 Å². The Morgan fingerprint density at radius 3 is 0.959 bits per heavy atom. The maximum atomic E-state index is 12.2. The van der Waals surface area contributed by atoms with Gasteiger partial charge in [0.15, 0.2) is 5.60 Å². The van der Waals surface area contributed by atoms with Crippen LogP contribution in [0.15, 0.2) is 121 Å². The van der Waals surface area contributed by atoms with Gasteiger partial charge in [0.2, 0.25) is 22.4 Å². The number of rotatable bonds is 7. The van der Waals surface area contributed by atoms with Gasteiger partial charge in [0.1, 0.15) is 0 Å². The fourth-order valence-electron chi connectivity index (χ4n) is 5.07. The van der Waals surface area contributed by atoms with Gasteiger partial charge in [0.05, 0.1) is 0 Å². The highest BCUT2D eigenvalue weighted by Crippen LogP contribution is 2.31. The molecule has 5 heteroatoms. The zero-order valence-corrected chi connectivity index (χ0v) is 27.8. The van der Waals surface area contributed by atoms with E-state index < -0.39 is 33.9 Å². The fraction of sp³-hybridized carbons (Fsp3) is 0.227. The molecule has 0 spiro atoms. The predicted molar refractivity (Wildman–Crippen MR) is 190 cm³/mol. The molecule has 1 aliphatic rings. The van der Waals surface area contributed by atoms with E-state index in [0.29, 0.717) is 22.3 Å². The molecule has 0 aliphatic heterocycles. The molecule has 242 valence electrons. The lowest BCUT2D eigenvalue weighted by molar-refractivity contribution is 0.0789. The molecule has 4 aromatic rings. The molecule has 49 heavy (non-hydrogen) atoms. The SMILES string of the molecule is COC1(c2ccccc2)C#CC(O)(c2ccccc2)C#CC(O)(C(C)C)C#CC(O)(c2ccccc2)C#CC(OC)(c2ccccc2)C#C1. The number of ether oxygens (including phenoxy) is 2. The molecule has 5 nitrogen and oxygen atoms in total. The average Bonchev–Trinajstić information content (AvgIpc) is 3.16. The molecule has 0 saturated heterocycles. The van der Waals surface area contributed by atoms with Crippen LogP contribution in [0.3, 0.4) is 0 Å². The summed E-state index contributed by atoms with van der Waals surface area (Å²) in [5.41, 5.74) is -7.54. The Balaban J connectivity index is 1.95. The van der Waals surface area contributed by atoms with Crippen LogP contribution in [-0.2, 0) is 31.9 Å². The van der Waals surface area contributed by atoms with Gasteiger partial charge in [0, 0.05) is 42.4 Å². The molecule has 0 saturated carbocycles. The Labute approximate surface area is 289 Å². The third-order valence-corrected chi connectivity index (χ3v) is 8.31. The van der Waals surface area contributed by atoms with E-state index in [-0.39, 0.29) is 0 Å². The number of hydrogen-bond acceptors (Lipinski definition) is 5. The number of aliphatic hydroxyl groups is 3. The van der Waals surface area contributed by atoms with E-state index in [1.807, 2.05) is 72.8 Å². The molecule has 4 unspecified atom stereocenters. The van der Waals surface area contributed by atoms with Crippen LogP contribution in [0.1, 0.15) is 36.1 Å². The third kappa shape index (κ3) is 7.33. The maximum Gasteiger partial charge on any atom is 0.216 e. The highest BCUT2D eigenvalue weighted by atomic mass is 16.5. The first kappa shape index (κ1) is 34.8. The fourth-order valence-corrected chi connectivity index (χ4v) is 5.07. The first-order valence-electron chi connectivity index (χ1n) is 15.7. The van der Waals surface area contributed by atoms with Crippen molar-refractivity contribution >= 4 is 0 Å². The maximum absolute atomic E-state index is 12.2. The van der Waals surface area contributed by atoms with Gasteiger partial charge < -0.3 is 24.8 Å². The molecule has 1 aliphatic carbocycles. The summed E-state index contributed by atoms with van der Waals surface area (Å²) in [6, 6.07) is 35.7. The number of methoxy groups -OCH3 is 2. The summed E-state index contributed by atoms with van der Waals surface area (Å²) in [5, 5.41) is 36.3. The summed E-state index contributed by atoms with van der Waals surface area (Å²) in [4.78, 5) is 0. The summed E-state index contributed by atoms with van der Waals surface area (Å²) in [6.07, 6.45) is 0. The molecular formula is C44H36O5. The van der Waals surface area contributed by atoms with Crippen LogP contribution in [0.2, 0.25) is 0 Å². The van der Waals surface area contributed by atoms with E-state index in [2.05, 4.69) is 59.2 Å². The second kappa shape index (κ2) is 14.3. The Hall–Kier alpha value is -5.52. The summed E-state index contributed by atoms with van der Waals surface area (Å²) < 4.78 is 12.2. The van der Waals surface area contributed by atoms with Gasteiger partial charge in [-0.2, -0.15) is 0 Å². The molecule has 4 aromatic carbocycles. The van der Waals surface area contributed by atoms with Gasteiger partial charge in [-0.15, -0.1) is 0 Å². The molecule has 0 radical (unpaired) electrons. The van der Waals surface area contributed by atoms with Crippen LogP contribution in [0, 0.1) is 65.1 Å². The van der Waals surface area contributed by atoms with Crippen LogP contribution in [-0.4, -0.2) is 35.1 Å². The molecule has 0 bridgehead atoms. The number of benzene rings is 4. The molecule has 0 aromatic heterocycles. The molecule has 5 rings (SSSR count).